The minimum atomic E-state index is -0.697. The summed E-state index contributed by atoms with van der Waals surface area (Å²) in [4.78, 5) is 11.2. The lowest BCUT2D eigenvalue weighted by molar-refractivity contribution is -0.135. The van der Waals surface area contributed by atoms with Gasteiger partial charge in [-0.2, -0.15) is 0 Å². The maximum atomic E-state index is 11.2. The molecule has 0 unspecified atom stereocenters. The number of carbonyl (C=O) groups excluding carboxylic acids is 1. The third-order valence-corrected chi connectivity index (χ3v) is 1.84. The van der Waals surface area contributed by atoms with Crippen LogP contribution in [0.1, 0.15) is 20.3 Å². The Labute approximate surface area is 72.7 Å². The SMILES string of the molecule is CC[C@@H](O)[C@@H]1O[C](C)[CH][CH]C1=O. The number of carbonyl (C=O) groups is 1. The molecule has 1 fully saturated rings. The number of aliphatic hydroxyl groups excluding tert-OH is 1. The molecule has 0 aromatic heterocycles. The zero-order valence-corrected chi connectivity index (χ0v) is 7.28. The first-order valence-electron chi connectivity index (χ1n) is 4.05. The standard InChI is InChI=1S/C9H13O3/c1-3-7(10)9-8(11)5-4-6(2)12-9/h4-5,7,9-10H,3H2,1-2H3/t7-,9+/m1/s1. The summed E-state index contributed by atoms with van der Waals surface area (Å²) in [6.45, 7) is 3.58. The summed E-state index contributed by atoms with van der Waals surface area (Å²) in [7, 11) is 0. The van der Waals surface area contributed by atoms with Crippen LogP contribution in [0.5, 0.6) is 0 Å². The number of hydrogen-bond donors (Lipinski definition) is 1. The predicted molar refractivity (Wildman–Crippen MR) is 43.7 cm³/mol. The van der Waals surface area contributed by atoms with Gasteiger partial charge in [-0.3, -0.25) is 4.79 Å². The molecule has 0 amide bonds. The second-order valence-electron chi connectivity index (χ2n) is 2.86. The van der Waals surface area contributed by atoms with E-state index in [1.807, 2.05) is 6.92 Å². The summed E-state index contributed by atoms with van der Waals surface area (Å²) in [6.07, 6.45) is 2.87. The molecular weight excluding hydrogens is 156 g/mol. The largest absolute Gasteiger partial charge is 0.390 e. The fourth-order valence-corrected chi connectivity index (χ4v) is 1.07. The summed E-state index contributed by atoms with van der Waals surface area (Å²) in [6, 6.07) is 0. The van der Waals surface area contributed by atoms with Crippen LogP contribution >= 0.6 is 0 Å². The van der Waals surface area contributed by atoms with Crippen molar-refractivity contribution >= 4 is 5.78 Å². The summed E-state index contributed by atoms with van der Waals surface area (Å²) in [5.41, 5.74) is 0. The van der Waals surface area contributed by atoms with E-state index in [0.29, 0.717) is 12.5 Å². The number of aliphatic hydroxyl groups is 1. The minimum absolute atomic E-state index is 0.157. The van der Waals surface area contributed by atoms with Crippen molar-refractivity contribution < 1.29 is 14.6 Å². The molecule has 1 saturated heterocycles. The fraction of sp³-hybridized carbons (Fsp3) is 0.556. The van der Waals surface area contributed by atoms with Gasteiger partial charge in [-0.05, 0) is 13.3 Å². The molecule has 1 heterocycles. The van der Waals surface area contributed by atoms with Crippen molar-refractivity contribution in [2.45, 2.75) is 32.5 Å². The normalized spacial score (nSPS) is 28.9. The molecule has 0 spiro atoms. The third kappa shape index (κ3) is 2.05. The highest BCUT2D eigenvalue weighted by Crippen LogP contribution is 2.22. The van der Waals surface area contributed by atoms with Crippen LogP contribution < -0.4 is 0 Å². The molecule has 3 radical (unpaired) electrons. The van der Waals surface area contributed by atoms with Gasteiger partial charge in [0.15, 0.2) is 5.78 Å². The molecule has 12 heavy (non-hydrogen) atoms. The Kier molecular flexibility index (Phi) is 3.23. The molecule has 1 N–H and O–H groups in total. The molecule has 3 heteroatoms. The van der Waals surface area contributed by atoms with E-state index < -0.39 is 12.2 Å². The molecule has 0 bridgehead atoms. The average Bonchev–Trinajstić information content (AvgIpc) is 2.08. The average molecular weight is 169 g/mol. The van der Waals surface area contributed by atoms with Crippen LogP contribution in [-0.4, -0.2) is 23.1 Å². The van der Waals surface area contributed by atoms with E-state index in [0.717, 1.165) is 0 Å². The van der Waals surface area contributed by atoms with Crippen LogP contribution in [0.2, 0.25) is 0 Å². The van der Waals surface area contributed by atoms with E-state index in [1.54, 1.807) is 13.3 Å². The highest BCUT2D eigenvalue weighted by Gasteiger charge is 2.32. The minimum Gasteiger partial charge on any atom is -0.390 e. The Hall–Kier alpha value is -0.410. The van der Waals surface area contributed by atoms with Crippen LogP contribution in [0.4, 0.5) is 0 Å². The molecule has 1 rings (SSSR count). The zero-order chi connectivity index (χ0) is 9.14. The van der Waals surface area contributed by atoms with Gasteiger partial charge in [0, 0.05) is 12.8 Å². The first-order valence-corrected chi connectivity index (χ1v) is 4.05. The third-order valence-electron chi connectivity index (χ3n) is 1.84. The van der Waals surface area contributed by atoms with E-state index in [2.05, 4.69) is 0 Å². The lowest BCUT2D eigenvalue weighted by Gasteiger charge is -2.28. The fourth-order valence-electron chi connectivity index (χ4n) is 1.07. The van der Waals surface area contributed by atoms with Crippen LogP contribution in [0.15, 0.2) is 0 Å². The molecular formula is C9H13O3. The Morgan fingerprint density at radius 3 is 2.92 bits per heavy atom. The monoisotopic (exact) mass is 169 g/mol. The maximum absolute atomic E-state index is 11.2. The Morgan fingerprint density at radius 2 is 2.33 bits per heavy atom. The molecule has 0 aromatic rings. The van der Waals surface area contributed by atoms with Gasteiger partial charge in [-0.1, -0.05) is 6.92 Å². The Balaban J connectivity index is 2.54. The predicted octanol–water partition coefficient (Wildman–Crippen LogP) is 0.686. The second kappa shape index (κ2) is 4.01. The first-order chi connectivity index (χ1) is 5.65. The first kappa shape index (κ1) is 9.68. The van der Waals surface area contributed by atoms with Crippen LogP contribution in [0.25, 0.3) is 0 Å². The summed E-state index contributed by atoms with van der Waals surface area (Å²) in [5.74, 6) is -0.157. The zero-order valence-electron chi connectivity index (χ0n) is 7.28. The van der Waals surface area contributed by atoms with Gasteiger partial charge in [0.1, 0.15) is 6.10 Å². The van der Waals surface area contributed by atoms with Gasteiger partial charge in [-0.15, -0.1) is 0 Å². The van der Waals surface area contributed by atoms with Gasteiger partial charge in [0.25, 0.3) is 0 Å². The Bertz CT molecular complexity index is 167. The van der Waals surface area contributed by atoms with Crippen LogP contribution in [0.3, 0.4) is 0 Å². The molecule has 1 aliphatic heterocycles. The van der Waals surface area contributed by atoms with Crippen molar-refractivity contribution in [3.8, 4) is 0 Å². The van der Waals surface area contributed by atoms with E-state index in [1.165, 1.54) is 6.42 Å². The van der Waals surface area contributed by atoms with Crippen molar-refractivity contribution in [3.05, 3.63) is 18.9 Å². The van der Waals surface area contributed by atoms with Crippen LogP contribution in [0, 0.1) is 18.9 Å². The number of ether oxygens (including phenoxy) is 1. The number of ketones is 1. The van der Waals surface area contributed by atoms with Crippen molar-refractivity contribution in [1.82, 2.24) is 0 Å². The van der Waals surface area contributed by atoms with Crippen molar-refractivity contribution in [1.29, 1.82) is 0 Å². The molecule has 3 nitrogen and oxygen atoms in total. The van der Waals surface area contributed by atoms with Gasteiger partial charge in [-0.25, -0.2) is 0 Å². The highest BCUT2D eigenvalue weighted by molar-refractivity contribution is 5.94. The van der Waals surface area contributed by atoms with E-state index >= 15 is 0 Å². The maximum Gasteiger partial charge on any atom is 0.168 e. The van der Waals surface area contributed by atoms with Crippen molar-refractivity contribution in [2.24, 2.45) is 0 Å². The topological polar surface area (TPSA) is 46.5 Å². The smallest absolute Gasteiger partial charge is 0.168 e. The molecule has 1 aliphatic rings. The highest BCUT2D eigenvalue weighted by atomic mass is 16.5. The number of Topliss-reactive ketones (excluding diaryl/α,β-unsaturated/α-hetero) is 1. The van der Waals surface area contributed by atoms with Crippen molar-refractivity contribution in [2.75, 3.05) is 0 Å². The number of rotatable bonds is 2. The quantitative estimate of drug-likeness (QED) is 0.661. The van der Waals surface area contributed by atoms with Gasteiger partial charge >= 0.3 is 0 Å². The van der Waals surface area contributed by atoms with Gasteiger partial charge < -0.3 is 9.84 Å². The number of hydrogen-bond acceptors (Lipinski definition) is 3. The van der Waals surface area contributed by atoms with Gasteiger partial charge in [0.2, 0.25) is 0 Å². The van der Waals surface area contributed by atoms with E-state index in [4.69, 9.17) is 4.74 Å². The van der Waals surface area contributed by atoms with Crippen LogP contribution in [-0.2, 0) is 9.53 Å². The molecule has 2 atom stereocenters. The Morgan fingerprint density at radius 1 is 1.67 bits per heavy atom. The lowest BCUT2D eigenvalue weighted by Crippen LogP contribution is -2.40. The lowest BCUT2D eigenvalue weighted by atomic mass is 9.98. The van der Waals surface area contributed by atoms with E-state index in [-0.39, 0.29) is 5.78 Å². The second-order valence-corrected chi connectivity index (χ2v) is 2.86. The summed E-state index contributed by atoms with van der Waals surface area (Å²) >= 11 is 0. The molecule has 0 aliphatic carbocycles. The summed E-state index contributed by atoms with van der Waals surface area (Å²) in [5, 5.41) is 9.38. The van der Waals surface area contributed by atoms with E-state index in [9.17, 15) is 9.90 Å². The van der Waals surface area contributed by atoms with Gasteiger partial charge in [0.05, 0.1) is 12.2 Å². The summed E-state index contributed by atoms with van der Waals surface area (Å²) < 4.78 is 5.18. The molecule has 0 aromatic carbocycles. The van der Waals surface area contributed by atoms with Crippen molar-refractivity contribution in [3.63, 3.8) is 0 Å². The molecule has 0 saturated carbocycles. The molecule has 67 valence electrons.